The van der Waals surface area contributed by atoms with Crippen LogP contribution in [0.3, 0.4) is 0 Å². The highest BCUT2D eigenvalue weighted by Gasteiger charge is 2.09. The summed E-state index contributed by atoms with van der Waals surface area (Å²) in [6.45, 7) is 4.44. The summed E-state index contributed by atoms with van der Waals surface area (Å²) < 4.78 is 5.68. The van der Waals surface area contributed by atoms with Crippen LogP contribution in [0.25, 0.3) is 0 Å². The summed E-state index contributed by atoms with van der Waals surface area (Å²) in [5, 5.41) is 9.06. The quantitative estimate of drug-likeness (QED) is 0.482. The van der Waals surface area contributed by atoms with Crippen molar-refractivity contribution in [3.8, 4) is 5.75 Å². The molecule has 0 atom stereocenters. The average Bonchev–Trinajstić information content (AvgIpc) is 3.20. The molecule has 2 aromatic carbocycles. The molecule has 0 spiro atoms. The van der Waals surface area contributed by atoms with E-state index in [2.05, 4.69) is 15.6 Å². The first kappa shape index (κ1) is 22.8. The van der Waals surface area contributed by atoms with Crippen molar-refractivity contribution >= 4 is 40.4 Å². The number of aromatic nitrogens is 1. The topological polar surface area (TPSA) is 80.3 Å². The van der Waals surface area contributed by atoms with Crippen molar-refractivity contribution in [3.63, 3.8) is 0 Å². The Kier molecular flexibility index (Phi) is 8.03. The van der Waals surface area contributed by atoms with E-state index in [0.717, 1.165) is 16.3 Å². The molecule has 2 amide bonds. The average molecular weight is 458 g/mol. The van der Waals surface area contributed by atoms with E-state index in [-0.39, 0.29) is 24.2 Å². The van der Waals surface area contributed by atoms with E-state index in [1.807, 2.05) is 43.5 Å². The van der Waals surface area contributed by atoms with Gasteiger partial charge in [-0.1, -0.05) is 37.6 Å². The zero-order valence-corrected chi connectivity index (χ0v) is 18.9. The number of rotatable bonds is 9. The van der Waals surface area contributed by atoms with Gasteiger partial charge in [0.2, 0.25) is 11.8 Å². The molecule has 31 heavy (non-hydrogen) atoms. The maximum atomic E-state index is 12.2. The van der Waals surface area contributed by atoms with E-state index in [1.54, 1.807) is 24.3 Å². The highest BCUT2D eigenvalue weighted by molar-refractivity contribution is 7.09. The number of hydrogen-bond acceptors (Lipinski definition) is 5. The molecule has 0 saturated carbocycles. The molecule has 2 N–H and O–H groups in total. The van der Waals surface area contributed by atoms with Crippen molar-refractivity contribution in [3.05, 3.63) is 75.2 Å². The predicted octanol–water partition coefficient (Wildman–Crippen LogP) is 4.83. The number of halogens is 1. The minimum absolute atomic E-state index is 0.0257. The molecule has 0 bridgehead atoms. The van der Waals surface area contributed by atoms with Crippen molar-refractivity contribution < 1.29 is 14.3 Å². The summed E-state index contributed by atoms with van der Waals surface area (Å²) in [6.07, 6.45) is 0.208. The first-order valence-corrected chi connectivity index (χ1v) is 11.1. The van der Waals surface area contributed by atoms with Gasteiger partial charge in [-0.15, -0.1) is 11.3 Å². The zero-order valence-electron chi connectivity index (χ0n) is 17.4. The standard InChI is InChI=1S/C23H24ClN3O3S/c1-15(2)23(29)27-18-7-3-16(4-8-18)12-25-21(28)11-19-14-31-22(26-19)13-30-20-9-5-17(24)6-10-20/h3-10,14-15H,11-13H2,1-2H3,(H,25,28)(H,27,29). The molecule has 0 radical (unpaired) electrons. The number of nitrogens with zero attached hydrogens (tertiary/aromatic N) is 1. The third-order valence-corrected chi connectivity index (χ3v) is 5.48. The van der Waals surface area contributed by atoms with E-state index < -0.39 is 0 Å². The second-order valence-electron chi connectivity index (χ2n) is 7.27. The van der Waals surface area contributed by atoms with Crippen LogP contribution in [0.15, 0.2) is 53.9 Å². The van der Waals surface area contributed by atoms with Crippen molar-refractivity contribution in [1.82, 2.24) is 10.3 Å². The molecule has 1 aromatic heterocycles. The van der Waals surface area contributed by atoms with Gasteiger partial charge in [0.1, 0.15) is 17.4 Å². The number of ether oxygens (including phenoxy) is 1. The molecule has 0 aliphatic rings. The normalized spacial score (nSPS) is 10.7. The van der Waals surface area contributed by atoms with Gasteiger partial charge in [-0.3, -0.25) is 9.59 Å². The molecule has 0 saturated heterocycles. The number of amides is 2. The fraction of sp³-hybridized carbons (Fsp3) is 0.261. The monoisotopic (exact) mass is 457 g/mol. The number of carbonyl (C=O) groups excluding carboxylic acids is 2. The number of anilines is 1. The predicted molar refractivity (Wildman–Crippen MR) is 123 cm³/mol. The number of benzene rings is 2. The van der Waals surface area contributed by atoms with E-state index in [0.29, 0.717) is 29.6 Å². The number of carbonyl (C=O) groups is 2. The Morgan fingerprint density at radius 2 is 1.81 bits per heavy atom. The van der Waals surface area contributed by atoms with E-state index >= 15 is 0 Å². The van der Waals surface area contributed by atoms with Crippen LogP contribution in [0, 0.1) is 5.92 Å². The lowest BCUT2D eigenvalue weighted by Gasteiger charge is -2.09. The third-order valence-electron chi connectivity index (χ3n) is 4.35. The summed E-state index contributed by atoms with van der Waals surface area (Å²) in [4.78, 5) is 28.4. The molecular formula is C23H24ClN3O3S. The van der Waals surface area contributed by atoms with Gasteiger partial charge in [-0.2, -0.15) is 0 Å². The number of hydrogen-bond donors (Lipinski definition) is 2. The summed E-state index contributed by atoms with van der Waals surface area (Å²) >= 11 is 7.32. The maximum absolute atomic E-state index is 12.2. The Morgan fingerprint density at radius 3 is 2.48 bits per heavy atom. The van der Waals surface area contributed by atoms with Crippen LogP contribution < -0.4 is 15.4 Å². The minimum atomic E-state index is -0.104. The van der Waals surface area contributed by atoms with Gasteiger partial charge in [0, 0.05) is 28.6 Å². The van der Waals surface area contributed by atoms with Crippen LogP contribution in [0.4, 0.5) is 5.69 Å². The SMILES string of the molecule is CC(C)C(=O)Nc1ccc(CNC(=O)Cc2csc(COc3ccc(Cl)cc3)n2)cc1. The lowest BCUT2D eigenvalue weighted by atomic mass is 10.1. The minimum Gasteiger partial charge on any atom is -0.486 e. The van der Waals surface area contributed by atoms with E-state index in [1.165, 1.54) is 11.3 Å². The summed E-state index contributed by atoms with van der Waals surface area (Å²) in [5.74, 6) is 0.512. The van der Waals surface area contributed by atoms with Crippen molar-refractivity contribution in [2.24, 2.45) is 5.92 Å². The fourth-order valence-corrected chi connectivity index (χ4v) is 3.42. The third kappa shape index (κ3) is 7.38. The van der Waals surface area contributed by atoms with Gasteiger partial charge in [0.15, 0.2) is 0 Å². The first-order chi connectivity index (χ1) is 14.9. The molecule has 3 rings (SSSR count). The highest BCUT2D eigenvalue weighted by atomic mass is 35.5. The molecule has 8 heteroatoms. The Bertz CT molecular complexity index is 1020. The molecule has 0 fully saturated rings. The highest BCUT2D eigenvalue weighted by Crippen LogP contribution is 2.18. The first-order valence-electron chi connectivity index (χ1n) is 9.87. The van der Waals surface area contributed by atoms with Gasteiger partial charge in [0.25, 0.3) is 0 Å². The van der Waals surface area contributed by atoms with Gasteiger partial charge in [0.05, 0.1) is 12.1 Å². The van der Waals surface area contributed by atoms with Gasteiger partial charge >= 0.3 is 0 Å². The Balaban J connectivity index is 1.42. The second-order valence-corrected chi connectivity index (χ2v) is 8.65. The van der Waals surface area contributed by atoms with Gasteiger partial charge < -0.3 is 15.4 Å². The lowest BCUT2D eigenvalue weighted by Crippen LogP contribution is -2.24. The molecule has 0 aliphatic heterocycles. The van der Waals surface area contributed by atoms with Gasteiger partial charge in [-0.05, 0) is 42.0 Å². The Morgan fingerprint density at radius 1 is 1.10 bits per heavy atom. The van der Waals surface area contributed by atoms with Gasteiger partial charge in [-0.25, -0.2) is 4.98 Å². The van der Waals surface area contributed by atoms with Crippen molar-refractivity contribution in [1.29, 1.82) is 0 Å². The molecule has 162 valence electrons. The van der Waals surface area contributed by atoms with Crippen LogP contribution in [0.1, 0.15) is 30.1 Å². The van der Waals surface area contributed by atoms with E-state index in [4.69, 9.17) is 16.3 Å². The summed E-state index contributed by atoms with van der Waals surface area (Å²) in [5.41, 5.74) is 2.40. The molecular weight excluding hydrogens is 434 g/mol. The van der Waals surface area contributed by atoms with Crippen molar-refractivity contribution in [2.75, 3.05) is 5.32 Å². The number of nitrogens with one attached hydrogen (secondary N) is 2. The van der Waals surface area contributed by atoms with E-state index in [9.17, 15) is 9.59 Å². The van der Waals surface area contributed by atoms with Crippen LogP contribution in [0.2, 0.25) is 5.02 Å². The zero-order chi connectivity index (χ0) is 22.2. The summed E-state index contributed by atoms with van der Waals surface area (Å²) in [7, 11) is 0. The molecule has 0 aliphatic carbocycles. The molecule has 1 heterocycles. The molecule has 0 unspecified atom stereocenters. The largest absolute Gasteiger partial charge is 0.486 e. The fourth-order valence-electron chi connectivity index (χ4n) is 2.59. The van der Waals surface area contributed by atoms with Crippen LogP contribution in [0.5, 0.6) is 5.75 Å². The lowest BCUT2D eigenvalue weighted by molar-refractivity contribution is -0.120. The van der Waals surface area contributed by atoms with Crippen LogP contribution >= 0.6 is 22.9 Å². The summed E-state index contributed by atoms with van der Waals surface area (Å²) in [6, 6.07) is 14.6. The second kappa shape index (κ2) is 10.9. The van der Waals surface area contributed by atoms with Crippen molar-refractivity contribution in [2.45, 2.75) is 33.4 Å². The smallest absolute Gasteiger partial charge is 0.226 e. The van der Waals surface area contributed by atoms with Crippen LogP contribution in [-0.4, -0.2) is 16.8 Å². The Hall–Kier alpha value is -2.90. The number of thiazole rings is 1. The maximum Gasteiger partial charge on any atom is 0.226 e. The molecule has 3 aromatic rings. The molecule has 6 nitrogen and oxygen atoms in total. The van der Waals surface area contributed by atoms with Crippen LogP contribution in [-0.2, 0) is 29.2 Å². The Labute approximate surface area is 190 Å².